The van der Waals surface area contributed by atoms with Crippen molar-refractivity contribution in [3.05, 3.63) is 47.7 Å². The summed E-state index contributed by atoms with van der Waals surface area (Å²) in [6.45, 7) is 1.33. The van der Waals surface area contributed by atoms with Crippen LogP contribution in [0.3, 0.4) is 0 Å². The summed E-state index contributed by atoms with van der Waals surface area (Å²) in [7, 11) is 4.52. The van der Waals surface area contributed by atoms with Gasteiger partial charge >= 0.3 is 0 Å². The van der Waals surface area contributed by atoms with Crippen molar-refractivity contribution in [1.29, 1.82) is 0 Å². The van der Waals surface area contributed by atoms with Crippen molar-refractivity contribution in [1.82, 2.24) is 9.88 Å². The van der Waals surface area contributed by atoms with Crippen LogP contribution in [0.2, 0.25) is 0 Å². The molecule has 2 aliphatic heterocycles. The van der Waals surface area contributed by atoms with Crippen molar-refractivity contribution < 1.29 is 23.8 Å². The topological polar surface area (TPSA) is 84.1 Å². The van der Waals surface area contributed by atoms with Gasteiger partial charge in [-0.05, 0) is 18.1 Å². The quantitative estimate of drug-likeness (QED) is 0.621. The van der Waals surface area contributed by atoms with Crippen molar-refractivity contribution in [2.24, 2.45) is 0 Å². The van der Waals surface area contributed by atoms with E-state index in [0.29, 0.717) is 29.5 Å². The van der Waals surface area contributed by atoms with Crippen molar-refractivity contribution in [3.63, 3.8) is 0 Å². The van der Waals surface area contributed by atoms with Crippen LogP contribution in [0.15, 0.2) is 36.4 Å². The summed E-state index contributed by atoms with van der Waals surface area (Å²) in [4.78, 5) is 33.1. The number of para-hydroxylation sites is 1. The molecule has 3 aromatic rings. The van der Waals surface area contributed by atoms with E-state index in [1.807, 2.05) is 12.1 Å². The average molecular weight is 435 g/mol. The second-order valence-corrected chi connectivity index (χ2v) is 8.02. The molecule has 2 aromatic carbocycles. The standard InChI is InChI=1S/C24H25N3O5/c1-30-20-10-14(11-21(31-2)23(20)32-3)27-22(28)12-19(24(27)29)26-9-8-16-15-6-4-5-7-17(15)25-18(16)13-26/h4-7,10-11,19,25H,8-9,12-13H2,1-3H3/t19-/m1/s1. The van der Waals surface area contributed by atoms with Crippen LogP contribution < -0.4 is 19.1 Å². The summed E-state index contributed by atoms with van der Waals surface area (Å²) >= 11 is 0. The SMILES string of the molecule is COc1cc(N2C(=O)C[C@@H](N3CCc4c([nH]c5ccccc45)C3)C2=O)cc(OC)c1OC. The molecule has 1 saturated heterocycles. The summed E-state index contributed by atoms with van der Waals surface area (Å²) in [5.41, 5.74) is 3.94. The highest BCUT2D eigenvalue weighted by Crippen LogP contribution is 2.42. The third kappa shape index (κ3) is 3.10. The van der Waals surface area contributed by atoms with Gasteiger partial charge in [0.05, 0.1) is 39.5 Å². The van der Waals surface area contributed by atoms with E-state index in [0.717, 1.165) is 24.2 Å². The van der Waals surface area contributed by atoms with Crippen molar-refractivity contribution >= 4 is 28.4 Å². The second kappa shape index (κ2) is 7.87. The average Bonchev–Trinajstić information content (AvgIpc) is 3.33. The lowest BCUT2D eigenvalue weighted by molar-refractivity contribution is -0.123. The number of carbonyl (C=O) groups excluding carboxylic acids is 2. The Bertz CT molecular complexity index is 1190. The fraction of sp³-hybridized carbons (Fsp3) is 0.333. The molecule has 166 valence electrons. The first kappa shape index (κ1) is 20.4. The highest BCUT2D eigenvalue weighted by atomic mass is 16.5. The normalized spacial score (nSPS) is 18.8. The molecule has 0 spiro atoms. The Morgan fingerprint density at radius 1 is 1.00 bits per heavy atom. The Kier molecular flexibility index (Phi) is 5.01. The van der Waals surface area contributed by atoms with Gasteiger partial charge in [0.25, 0.3) is 5.91 Å². The predicted octanol–water partition coefficient (Wildman–Crippen LogP) is 2.88. The molecule has 0 unspecified atom stereocenters. The van der Waals surface area contributed by atoms with Crippen LogP contribution in [-0.4, -0.2) is 55.6 Å². The predicted molar refractivity (Wildman–Crippen MR) is 119 cm³/mol. The number of rotatable bonds is 5. The number of H-pyrrole nitrogens is 1. The van der Waals surface area contributed by atoms with Crippen LogP contribution in [0, 0.1) is 0 Å². The number of methoxy groups -OCH3 is 3. The van der Waals surface area contributed by atoms with Crippen molar-refractivity contribution in [2.75, 3.05) is 32.8 Å². The van der Waals surface area contributed by atoms with E-state index in [1.165, 1.54) is 37.2 Å². The molecule has 1 atom stereocenters. The molecule has 2 aliphatic rings. The van der Waals surface area contributed by atoms with E-state index in [1.54, 1.807) is 12.1 Å². The second-order valence-electron chi connectivity index (χ2n) is 8.02. The Morgan fingerprint density at radius 3 is 2.41 bits per heavy atom. The molecule has 2 amide bonds. The van der Waals surface area contributed by atoms with Gasteiger partial charge in [-0.15, -0.1) is 0 Å². The lowest BCUT2D eigenvalue weighted by atomic mass is 10.0. The van der Waals surface area contributed by atoms with Gasteiger partial charge in [0, 0.05) is 41.8 Å². The van der Waals surface area contributed by atoms with Crippen LogP contribution in [-0.2, 0) is 22.6 Å². The lowest BCUT2D eigenvalue weighted by Gasteiger charge is -2.30. The number of fused-ring (bicyclic) bond motifs is 3. The molecule has 0 bridgehead atoms. The highest BCUT2D eigenvalue weighted by molar-refractivity contribution is 6.22. The summed E-state index contributed by atoms with van der Waals surface area (Å²) in [6.07, 6.45) is 0.979. The minimum atomic E-state index is -0.499. The molecular weight excluding hydrogens is 410 g/mol. The summed E-state index contributed by atoms with van der Waals surface area (Å²) < 4.78 is 16.1. The Hall–Kier alpha value is -3.52. The summed E-state index contributed by atoms with van der Waals surface area (Å²) in [5.74, 6) is 0.732. The van der Waals surface area contributed by atoms with Gasteiger partial charge in [-0.3, -0.25) is 14.5 Å². The fourth-order valence-corrected chi connectivity index (χ4v) is 4.85. The zero-order valence-corrected chi connectivity index (χ0v) is 18.3. The summed E-state index contributed by atoms with van der Waals surface area (Å²) in [6, 6.07) is 11.0. The van der Waals surface area contributed by atoms with E-state index in [2.05, 4.69) is 22.0 Å². The zero-order chi connectivity index (χ0) is 22.4. The number of nitrogens with one attached hydrogen (secondary N) is 1. The number of aromatic amines is 1. The van der Waals surface area contributed by atoms with Crippen LogP contribution in [0.25, 0.3) is 10.9 Å². The molecule has 0 radical (unpaired) electrons. The largest absolute Gasteiger partial charge is 0.493 e. The van der Waals surface area contributed by atoms with Crippen molar-refractivity contribution in [2.45, 2.75) is 25.4 Å². The van der Waals surface area contributed by atoms with Crippen LogP contribution in [0.1, 0.15) is 17.7 Å². The molecule has 0 saturated carbocycles. The Morgan fingerprint density at radius 2 is 1.72 bits per heavy atom. The molecule has 0 aliphatic carbocycles. The van der Waals surface area contributed by atoms with Crippen LogP contribution >= 0.6 is 0 Å². The maximum Gasteiger partial charge on any atom is 0.251 e. The number of hydrogen-bond donors (Lipinski definition) is 1. The van der Waals surface area contributed by atoms with E-state index in [-0.39, 0.29) is 18.2 Å². The number of ether oxygens (including phenoxy) is 3. The maximum atomic E-state index is 13.4. The number of benzene rings is 2. The van der Waals surface area contributed by atoms with Gasteiger partial charge in [-0.25, -0.2) is 4.90 Å². The maximum absolute atomic E-state index is 13.4. The summed E-state index contributed by atoms with van der Waals surface area (Å²) in [5, 5.41) is 1.23. The van der Waals surface area contributed by atoms with E-state index >= 15 is 0 Å². The minimum absolute atomic E-state index is 0.144. The molecule has 3 heterocycles. The van der Waals surface area contributed by atoms with Gasteiger partial charge in [-0.1, -0.05) is 18.2 Å². The van der Waals surface area contributed by atoms with Crippen LogP contribution in [0.4, 0.5) is 5.69 Å². The van der Waals surface area contributed by atoms with Crippen molar-refractivity contribution in [3.8, 4) is 17.2 Å². The van der Waals surface area contributed by atoms with E-state index < -0.39 is 6.04 Å². The third-order valence-corrected chi connectivity index (χ3v) is 6.38. The molecular formula is C24H25N3O5. The molecule has 32 heavy (non-hydrogen) atoms. The van der Waals surface area contributed by atoms with E-state index in [4.69, 9.17) is 14.2 Å². The Labute approximate surface area is 185 Å². The van der Waals surface area contributed by atoms with E-state index in [9.17, 15) is 9.59 Å². The molecule has 1 aromatic heterocycles. The number of carbonyl (C=O) groups is 2. The van der Waals surface area contributed by atoms with Gasteiger partial charge in [0.2, 0.25) is 11.7 Å². The number of anilines is 1. The fourth-order valence-electron chi connectivity index (χ4n) is 4.85. The molecule has 8 nitrogen and oxygen atoms in total. The van der Waals surface area contributed by atoms with Gasteiger partial charge < -0.3 is 19.2 Å². The smallest absolute Gasteiger partial charge is 0.251 e. The molecule has 1 N–H and O–H groups in total. The molecule has 5 rings (SSSR count). The number of aromatic nitrogens is 1. The van der Waals surface area contributed by atoms with Gasteiger partial charge in [0.1, 0.15) is 0 Å². The first-order chi connectivity index (χ1) is 15.5. The third-order valence-electron chi connectivity index (χ3n) is 6.38. The van der Waals surface area contributed by atoms with Crippen LogP contribution in [0.5, 0.6) is 17.2 Å². The first-order valence-electron chi connectivity index (χ1n) is 10.5. The lowest BCUT2D eigenvalue weighted by Crippen LogP contribution is -2.44. The zero-order valence-electron chi connectivity index (χ0n) is 18.3. The minimum Gasteiger partial charge on any atom is -0.493 e. The van der Waals surface area contributed by atoms with Gasteiger partial charge in [-0.2, -0.15) is 0 Å². The van der Waals surface area contributed by atoms with Gasteiger partial charge in [0.15, 0.2) is 11.5 Å². The highest BCUT2D eigenvalue weighted by Gasteiger charge is 2.44. The Balaban J connectivity index is 1.43. The number of amides is 2. The number of imide groups is 1. The monoisotopic (exact) mass is 435 g/mol. The molecule has 8 heteroatoms. The number of hydrogen-bond acceptors (Lipinski definition) is 6. The first-order valence-corrected chi connectivity index (χ1v) is 10.5. The molecule has 1 fully saturated rings. The number of nitrogens with zero attached hydrogens (tertiary/aromatic N) is 2.